The molecule has 3 amide bonds. The molecule has 3 saturated heterocycles. The van der Waals surface area contributed by atoms with Crippen LogP contribution < -0.4 is 10.6 Å². The number of unbranched alkanes of at least 4 members (excludes halogenated alkanes) is 1. The zero-order valence-corrected chi connectivity index (χ0v) is 16.4. The minimum atomic E-state index is -0.964. The quantitative estimate of drug-likeness (QED) is 0.505. The van der Waals surface area contributed by atoms with Crippen LogP contribution in [0.15, 0.2) is 0 Å². The maximum Gasteiger partial charge on any atom is 0.245 e. The van der Waals surface area contributed by atoms with Crippen molar-refractivity contribution < 1.29 is 24.2 Å². The number of aliphatic hydroxyl groups excluding tert-OH is 1. The largest absolute Gasteiger partial charge is 0.396 e. The Morgan fingerprint density at radius 1 is 1.30 bits per heavy atom. The Bertz CT molecular complexity index is 626. The van der Waals surface area contributed by atoms with E-state index < -0.39 is 29.1 Å². The number of nitrogens with one attached hydrogen (secondary N) is 2. The fourth-order valence-corrected chi connectivity index (χ4v) is 5.25. The molecule has 3 rings (SSSR count). The second kappa shape index (κ2) is 7.39. The third-order valence-electron chi connectivity index (χ3n) is 6.44. The number of ether oxygens (including phenoxy) is 1. The highest BCUT2D eigenvalue weighted by atomic mass is 16.5. The van der Waals surface area contributed by atoms with Crippen molar-refractivity contribution in [3.63, 3.8) is 0 Å². The first-order valence-corrected chi connectivity index (χ1v) is 9.97. The van der Waals surface area contributed by atoms with Crippen LogP contribution in [0.4, 0.5) is 0 Å². The first-order valence-electron chi connectivity index (χ1n) is 9.97. The van der Waals surface area contributed by atoms with Crippen LogP contribution in [0.25, 0.3) is 0 Å². The van der Waals surface area contributed by atoms with Crippen molar-refractivity contribution in [3.05, 3.63) is 0 Å². The minimum absolute atomic E-state index is 0.0664. The van der Waals surface area contributed by atoms with Crippen molar-refractivity contribution in [2.75, 3.05) is 26.7 Å². The molecule has 5 atom stereocenters. The van der Waals surface area contributed by atoms with Gasteiger partial charge in [0.2, 0.25) is 17.7 Å². The van der Waals surface area contributed by atoms with Gasteiger partial charge in [-0.1, -0.05) is 13.3 Å². The normalized spacial score (nSPS) is 36.8. The van der Waals surface area contributed by atoms with Crippen LogP contribution in [-0.4, -0.2) is 71.7 Å². The van der Waals surface area contributed by atoms with Crippen LogP contribution in [0.3, 0.4) is 0 Å². The Balaban J connectivity index is 1.96. The number of nitrogens with zero attached hydrogens (tertiary/aromatic N) is 1. The average Bonchev–Trinajstić information content (AvgIpc) is 3.20. The predicted octanol–water partition coefficient (Wildman–Crippen LogP) is -0.204. The maximum atomic E-state index is 13.3. The van der Waals surface area contributed by atoms with Crippen LogP contribution in [0.5, 0.6) is 0 Å². The van der Waals surface area contributed by atoms with Gasteiger partial charge in [-0.25, -0.2) is 0 Å². The Morgan fingerprint density at radius 3 is 2.67 bits per heavy atom. The molecule has 8 nitrogen and oxygen atoms in total. The smallest absolute Gasteiger partial charge is 0.245 e. The standard InChI is InChI=1S/C19H31N3O5/c1-4-5-9-21-16(25)14-19-8-7-18(2,27-19)12(15(24)20-3)13(19)17(26)22(14)10-6-11-23/h12-14,23H,4-11H2,1-3H3,(H,20,24)(H,21,25)/t12-,13-,14?,18+,19?/m0/s1. The average molecular weight is 381 g/mol. The molecular weight excluding hydrogens is 350 g/mol. The summed E-state index contributed by atoms with van der Waals surface area (Å²) in [5, 5.41) is 14.8. The van der Waals surface area contributed by atoms with Crippen molar-refractivity contribution in [1.82, 2.24) is 15.5 Å². The van der Waals surface area contributed by atoms with Crippen molar-refractivity contribution in [1.29, 1.82) is 0 Å². The van der Waals surface area contributed by atoms with Gasteiger partial charge in [0.15, 0.2) is 0 Å². The first-order chi connectivity index (χ1) is 12.9. The summed E-state index contributed by atoms with van der Waals surface area (Å²) in [7, 11) is 1.56. The van der Waals surface area contributed by atoms with Gasteiger partial charge in [0.1, 0.15) is 11.6 Å². The monoisotopic (exact) mass is 381 g/mol. The first kappa shape index (κ1) is 20.1. The maximum absolute atomic E-state index is 13.3. The molecule has 2 bridgehead atoms. The molecule has 3 N–H and O–H groups in total. The van der Waals surface area contributed by atoms with E-state index in [9.17, 15) is 19.5 Å². The lowest BCUT2D eigenvalue weighted by atomic mass is 9.66. The zero-order valence-electron chi connectivity index (χ0n) is 16.4. The molecule has 3 aliphatic heterocycles. The third-order valence-corrected chi connectivity index (χ3v) is 6.44. The molecular formula is C19H31N3O5. The van der Waals surface area contributed by atoms with Gasteiger partial charge in [-0.2, -0.15) is 0 Å². The Labute approximate surface area is 160 Å². The Hall–Kier alpha value is -1.67. The molecule has 3 fully saturated rings. The summed E-state index contributed by atoms with van der Waals surface area (Å²) in [6, 6.07) is -0.755. The fourth-order valence-electron chi connectivity index (χ4n) is 5.25. The molecule has 0 saturated carbocycles. The number of carbonyl (C=O) groups is 3. The van der Waals surface area contributed by atoms with Gasteiger partial charge < -0.3 is 25.4 Å². The number of likely N-dealkylation sites (tertiary alicyclic amines) is 1. The Kier molecular flexibility index (Phi) is 5.49. The molecule has 0 aliphatic carbocycles. The number of hydrogen-bond acceptors (Lipinski definition) is 5. The van der Waals surface area contributed by atoms with E-state index in [-0.39, 0.29) is 30.9 Å². The fraction of sp³-hybridized carbons (Fsp3) is 0.842. The van der Waals surface area contributed by atoms with Crippen LogP contribution in [0, 0.1) is 11.8 Å². The lowest BCUT2D eigenvalue weighted by Gasteiger charge is -2.33. The summed E-state index contributed by atoms with van der Waals surface area (Å²) in [6.45, 7) is 4.68. The van der Waals surface area contributed by atoms with Gasteiger partial charge in [0.05, 0.1) is 17.4 Å². The molecule has 27 heavy (non-hydrogen) atoms. The molecule has 0 aromatic carbocycles. The van der Waals surface area contributed by atoms with E-state index in [1.54, 1.807) is 7.05 Å². The summed E-state index contributed by atoms with van der Waals surface area (Å²) in [5.74, 6) is -1.91. The number of carbonyl (C=O) groups excluding carboxylic acids is 3. The molecule has 0 aromatic rings. The van der Waals surface area contributed by atoms with Gasteiger partial charge >= 0.3 is 0 Å². The summed E-state index contributed by atoms with van der Waals surface area (Å²) >= 11 is 0. The summed E-state index contributed by atoms with van der Waals surface area (Å²) in [6.07, 6.45) is 3.42. The molecule has 8 heteroatoms. The van der Waals surface area contributed by atoms with Crippen LogP contribution in [0.1, 0.15) is 46.0 Å². The molecule has 2 unspecified atom stereocenters. The highest BCUT2D eigenvalue weighted by Crippen LogP contribution is 2.63. The molecule has 1 spiro atoms. The SMILES string of the molecule is CCCCNC(=O)C1N(CCCO)C(=O)[C@@H]2[C@@H](C(=O)NC)[C@@]3(C)CCC12O3. The topological polar surface area (TPSA) is 108 Å². The van der Waals surface area contributed by atoms with E-state index in [0.717, 1.165) is 12.8 Å². The number of hydrogen-bond donors (Lipinski definition) is 3. The Morgan fingerprint density at radius 2 is 2.04 bits per heavy atom. The zero-order chi connectivity index (χ0) is 19.8. The molecule has 3 aliphatic rings. The number of rotatable bonds is 8. The number of fused-ring (bicyclic) bond motifs is 1. The van der Waals surface area contributed by atoms with Crippen molar-refractivity contribution in [2.24, 2.45) is 11.8 Å². The second-order valence-electron chi connectivity index (χ2n) is 8.10. The minimum Gasteiger partial charge on any atom is -0.396 e. The van der Waals surface area contributed by atoms with Crippen LogP contribution >= 0.6 is 0 Å². The highest BCUT2D eigenvalue weighted by molar-refractivity contribution is 5.99. The predicted molar refractivity (Wildman–Crippen MR) is 97.6 cm³/mol. The van der Waals surface area contributed by atoms with Crippen molar-refractivity contribution in [3.8, 4) is 0 Å². The van der Waals surface area contributed by atoms with Gasteiger partial charge in [-0.15, -0.1) is 0 Å². The lowest BCUT2D eigenvalue weighted by molar-refractivity contribution is -0.146. The van der Waals surface area contributed by atoms with Gasteiger partial charge in [0, 0.05) is 26.7 Å². The molecule has 0 radical (unpaired) electrons. The van der Waals surface area contributed by atoms with Crippen LogP contribution in [0.2, 0.25) is 0 Å². The summed E-state index contributed by atoms with van der Waals surface area (Å²) in [5.41, 5.74) is -1.69. The van der Waals surface area contributed by atoms with Gasteiger partial charge in [-0.05, 0) is 32.6 Å². The summed E-state index contributed by atoms with van der Waals surface area (Å²) < 4.78 is 6.38. The molecule has 152 valence electrons. The van der Waals surface area contributed by atoms with Crippen LogP contribution in [-0.2, 0) is 19.1 Å². The third kappa shape index (κ3) is 2.93. The molecule has 0 aromatic heterocycles. The number of amides is 3. The van der Waals surface area contributed by atoms with Gasteiger partial charge in [-0.3, -0.25) is 14.4 Å². The lowest BCUT2D eigenvalue weighted by Crippen LogP contribution is -2.55. The van der Waals surface area contributed by atoms with Crippen molar-refractivity contribution >= 4 is 17.7 Å². The van der Waals surface area contributed by atoms with E-state index >= 15 is 0 Å². The molecule has 3 heterocycles. The number of aliphatic hydroxyl groups is 1. The van der Waals surface area contributed by atoms with E-state index in [2.05, 4.69) is 10.6 Å². The van der Waals surface area contributed by atoms with E-state index in [1.807, 2.05) is 13.8 Å². The van der Waals surface area contributed by atoms with E-state index in [1.165, 1.54) is 4.90 Å². The van der Waals surface area contributed by atoms with Gasteiger partial charge in [0.25, 0.3) is 0 Å². The second-order valence-corrected chi connectivity index (χ2v) is 8.10. The summed E-state index contributed by atoms with van der Waals surface area (Å²) in [4.78, 5) is 40.5. The van der Waals surface area contributed by atoms with E-state index in [4.69, 9.17) is 4.74 Å². The van der Waals surface area contributed by atoms with Crippen molar-refractivity contribution in [2.45, 2.75) is 63.2 Å². The highest BCUT2D eigenvalue weighted by Gasteiger charge is 2.77. The van der Waals surface area contributed by atoms with E-state index in [0.29, 0.717) is 25.8 Å².